The van der Waals surface area contributed by atoms with Crippen LogP contribution in [0.15, 0.2) is 36.4 Å². The molecule has 2 heterocycles. The molecule has 1 aliphatic rings. The summed E-state index contributed by atoms with van der Waals surface area (Å²) in [6.45, 7) is 1.58. The third-order valence-corrected chi connectivity index (χ3v) is 3.75. The quantitative estimate of drug-likeness (QED) is 0.564. The molecule has 1 aliphatic heterocycles. The molecule has 24 heavy (non-hydrogen) atoms. The molecule has 0 bridgehead atoms. The van der Waals surface area contributed by atoms with Gasteiger partial charge in [-0.3, -0.25) is 10.1 Å². The Kier molecular flexibility index (Phi) is 3.42. The van der Waals surface area contributed by atoms with Crippen molar-refractivity contribution in [2.75, 3.05) is 18.5 Å². The average Bonchev–Trinajstić information content (AvgIpc) is 3.00. The number of hydrogen-bond acceptors (Lipinski definition) is 6. The molecule has 0 atom stereocenters. The maximum absolute atomic E-state index is 10.7. The minimum atomic E-state index is -0.414. The molecule has 0 unspecified atom stereocenters. The highest BCUT2D eigenvalue weighted by Gasteiger charge is 2.14. The molecule has 3 aromatic rings. The van der Waals surface area contributed by atoms with E-state index in [2.05, 4.69) is 15.3 Å². The number of rotatable bonds is 4. The highest BCUT2D eigenvalue weighted by Crippen LogP contribution is 2.34. The first-order chi connectivity index (χ1) is 11.7. The van der Waals surface area contributed by atoms with Crippen molar-refractivity contribution in [2.24, 2.45) is 0 Å². The number of fused-ring (bicyclic) bond motifs is 2. The number of aromatic amines is 1. The molecule has 8 nitrogen and oxygen atoms in total. The monoisotopic (exact) mass is 326 g/mol. The Labute approximate surface area is 136 Å². The normalized spacial score (nSPS) is 13.0. The first-order valence-electron chi connectivity index (χ1n) is 7.45. The molecule has 0 amide bonds. The van der Waals surface area contributed by atoms with Gasteiger partial charge in [0.1, 0.15) is 13.2 Å². The highest BCUT2D eigenvalue weighted by atomic mass is 16.6. The van der Waals surface area contributed by atoms with Crippen LogP contribution in [0, 0.1) is 10.1 Å². The predicted octanol–water partition coefficient (Wildman–Crippen LogP) is 2.85. The number of H-pyrrole nitrogens is 1. The molecular formula is C16H14N4O4. The van der Waals surface area contributed by atoms with Gasteiger partial charge in [-0.15, -0.1) is 0 Å². The van der Waals surface area contributed by atoms with Gasteiger partial charge >= 0.3 is 0 Å². The van der Waals surface area contributed by atoms with Crippen LogP contribution in [-0.4, -0.2) is 28.1 Å². The number of nitrogens with zero attached hydrogens (tertiary/aromatic N) is 2. The zero-order valence-electron chi connectivity index (χ0n) is 12.6. The zero-order chi connectivity index (χ0) is 16.5. The number of non-ortho nitro benzene ring substituents is 1. The molecular weight excluding hydrogens is 312 g/mol. The van der Waals surface area contributed by atoms with E-state index < -0.39 is 4.92 Å². The third kappa shape index (κ3) is 2.69. The fraction of sp³-hybridized carbons (Fsp3) is 0.188. The van der Waals surface area contributed by atoms with Gasteiger partial charge in [0.05, 0.1) is 16.0 Å². The summed E-state index contributed by atoms with van der Waals surface area (Å²) in [7, 11) is 0. The lowest BCUT2D eigenvalue weighted by Gasteiger charge is -2.17. The number of nitro groups is 1. The summed E-state index contributed by atoms with van der Waals surface area (Å²) in [4.78, 5) is 17.9. The van der Waals surface area contributed by atoms with Crippen LogP contribution in [0.25, 0.3) is 11.0 Å². The van der Waals surface area contributed by atoms with E-state index in [1.165, 1.54) is 12.1 Å². The molecule has 0 aliphatic carbocycles. The molecule has 0 saturated carbocycles. The summed E-state index contributed by atoms with van der Waals surface area (Å²) in [5.74, 6) is 2.02. The highest BCUT2D eigenvalue weighted by molar-refractivity contribution is 5.81. The summed E-state index contributed by atoms with van der Waals surface area (Å²) < 4.78 is 11.1. The van der Waals surface area contributed by atoms with Crippen LogP contribution in [0.1, 0.15) is 5.56 Å². The lowest BCUT2D eigenvalue weighted by Crippen LogP contribution is -2.15. The molecule has 0 saturated heterocycles. The molecule has 0 spiro atoms. The second-order valence-corrected chi connectivity index (χ2v) is 5.38. The second kappa shape index (κ2) is 5.73. The van der Waals surface area contributed by atoms with Crippen LogP contribution in [0.4, 0.5) is 11.6 Å². The first kappa shape index (κ1) is 14.3. The van der Waals surface area contributed by atoms with E-state index in [0.29, 0.717) is 37.2 Å². The van der Waals surface area contributed by atoms with Crippen LogP contribution in [-0.2, 0) is 6.54 Å². The maximum atomic E-state index is 10.7. The van der Waals surface area contributed by atoms with Gasteiger partial charge < -0.3 is 19.8 Å². The van der Waals surface area contributed by atoms with Crippen LogP contribution in [0.3, 0.4) is 0 Å². The number of aromatic nitrogens is 2. The minimum Gasteiger partial charge on any atom is -0.486 e. The van der Waals surface area contributed by atoms with E-state index >= 15 is 0 Å². The van der Waals surface area contributed by atoms with Crippen LogP contribution < -0.4 is 14.8 Å². The topological polar surface area (TPSA) is 102 Å². The Bertz CT molecular complexity index is 861. The van der Waals surface area contributed by atoms with E-state index in [0.717, 1.165) is 16.6 Å². The Morgan fingerprint density at radius 3 is 2.58 bits per heavy atom. The summed E-state index contributed by atoms with van der Waals surface area (Å²) >= 11 is 0. The molecule has 1 aromatic heterocycles. The van der Waals surface area contributed by atoms with Gasteiger partial charge in [0.2, 0.25) is 5.95 Å². The SMILES string of the molecule is O=[N+]([O-])c1ccc(CNc2nc3cc4c(cc3[nH]2)OCCO4)cc1. The number of nitrogens with one attached hydrogen (secondary N) is 2. The third-order valence-electron chi connectivity index (χ3n) is 3.75. The van der Waals surface area contributed by atoms with E-state index in [-0.39, 0.29) is 5.69 Å². The van der Waals surface area contributed by atoms with Gasteiger partial charge in [0.15, 0.2) is 11.5 Å². The Morgan fingerprint density at radius 1 is 1.17 bits per heavy atom. The fourth-order valence-corrected chi connectivity index (χ4v) is 2.55. The molecule has 8 heteroatoms. The summed E-state index contributed by atoms with van der Waals surface area (Å²) in [6, 6.07) is 10.1. The lowest BCUT2D eigenvalue weighted by molar-refractivity contribution is -0.384. The van der Waals surface area contributed by atoms with E-state index in [1.54, 1.807) is 12.1 Å². The van der Waals surface area contributed by atoms with E-state index in [9.17, 15) is 10.1 Å². The minimum absolute atomic E-state index is 0.0769. The lowest BCUT2D eigenvalue weighted by atomic mass is 10.2. The maximum Gasteiger partial charge on any atom is 0.269 e. The number of imidazole rings is 1. The number of hydrogen-bond donors (Lipinski definition) is 2. The Balaban J connectivity index is 1.51. The van der Waals surface area contributed by atoms with Crippen molar-refractivity contribution in [3.63, 3.8) is 0 Å². The molecule has 4 rings (SSSR count). The molecule has 0 radical (unpaired) electrons. The Morgan fingerprint density at radius 2 is 1.88 bits per heavy atom. The van der Waals surface area contributed by atoms with Gasteiger partial charge in [0, 0.05) is 30.8 Å². The summed E-state index contributed by atoms with van der Waals surface area (Å²) in [5, 5.41) is 13.8. The summed E-state index contributed by atoms with van der Waals surface area (Å²) in [5.41, 5.74) is 2.64. The summed E-state index contributed by atoms with van der Waals surface area (Å²) in [6.07, 6.45) is 0. The largest absolute Gasteiger partial charge is 0.486 e. The molecule has 0 fully saturated rings. The van der Waals surface area contributed by atoms with Gasteiger partial charge in [-0.2, -0.15) is 0 Å². The second-order valence-electron chi connectivity index (χ2n) is 5.38. The number of nitro benzene ring substituents is 1. The number of benzene rings is 2. The van der Waals surface area contributed by atoms with Gasteiger partial charge in [-0.25, -0.2) is 4.98 Å². The zero-order valence-corrected chi connectivity index (χ0v) is 12.6. The van der Waals surface area contributed by atoms with Crippen LogP contribution in [0.2, 0.25) is 0 Å². The van der Waals surface area contributed by atoms with E-state index in [1.807, 2.05) is 12.1 Å². The van der Waals surface area contributed by atoms with Crippen molar-refractivity contribution < 1.29 is 14.4 Å². The van der Waals surface area contributed by atoms with Gasteiger partial charge in [0.25, 0.3) is 5.69 Å². The van der Waals surface area contributed by atoms with Crippen molar-refractivity contribution in [3.8, 4) is 11.5 Å². The Hall–Kier alpha value is -3.29. The van der Waals surface area contributed by atoms with Crippen molar-refractivity contribution >= 4 is 22.7 Å². The van der Waals surface area contributed by atoms with Crippen molar-refractivity contribution in [1.29, 1.82) is 0 Å². The van der Waals surface area contributed by atoms with Crippen LogP contribution >= 0.6 is 0 Å². The van der Waals surface area contributed by atoms with Crippen molar-refractivity contribution in [1.82, 2.24) is 9.97 Å². The molecule has 2 N–H and O–H groups in total. The van der Waals surface area contributed by atoms with Crippen molar-refractivity contribution in [2.45, 2.75) is 6.54 Å². The molecule has 2 aromatic carbocycles. The predicted molar refractivity (Wildman–Crippen MR) is 87.5 cm³/mol. The molecule has 122 valence electrons. The van der Waals surface area contributed by atoms with E-state index in [4.69, 9.17) is 9.47 Å². The van der Waals surface area contributed by atoms with Crippen molar-refractivity contribution in [3.05, 3.63) is 52.1 Å². The fourth-order valence-electron chi connectivity index (χ4n) is 2.55. The van der Waals surface area contributed by atoms with Gasteiger partial charge in [-0.1, -0.05) is 12.1 Å². The number of ether oxygens (including phenoxy) is 2. The standard InChI is InChI=1S/C16H14N4O4/c21-20(22)11-3-1-10(2-4-11)9-17-16-18-12-7-14-15(8-13(12)19-16)24-6-5-23-14/h1-4,7-8H,5-6,9H2,(H2,17,18,19). The smallest absolute Gasteiger partial charge is 0.269 e. The van der Waals surface area contributed by atoms with Gasteiger partial charge in [-0.05, 0) is 5.56 Å². The number of anilines is 1. The first-order valence-corrected chi connectivity index (χ1v) is 7.45. The average molecular weight is 326 g/mol. The van der Waals surface area contributed by atoms with Crippen LogP contribution in [0.5, 0.6) is 11.5 Å².